The number of halogens is 1. The molecule has 0 atom stereocenters. The van der Waals surface area contributed by atoms with E-state index in [9.17, 15) is 19.1 Å². The van der Waals surface area contributed by atoms with E-state index < -0.39 is 11.4 Å². The first-order valence-electron chi connectivity index (χ1n) is 6.22. The van der Waals surface area contributed by atoms with Gasteiger partial charge in [-0.05, 0) is 37.1 Å². The van der Waals surface area contributed by atoms with Crippen molar-refractivity contribution in [3.05, 3.63) is 30.1 Å². The number of nitrogens with one attached hydrogen (secondary N) is 1. The second-order valence-electron chi connectivity index (χ2n) is 4.52. The summed E-state index contributed by atoms with van der Waals surface area (Å²) in [5, 5.41) is 11.8. The number of carbonyl (C=O) groups is 2. The molecule has 1 rings (SSSR count). The molecule has 0 heterocycles. The van der Waals surface area contributed by atoms with Gasteiger partial charge in [-0.25, -0.2) is 4.39 Å². The summed E-state index contributed by atoms with van der Waals surface area (Å²) in [4.78, 5) is 23.2. The minimum atomic E-state index is -1.04. The van der Waals surface area contributed by atoms with Crippen molar-refractivity contribution in [3.8, 4) is 0 Å². The van der Waals surface area contributed by atoms with Gasteiger partial charge in [0.1, 0.15) is 5.82 Å². The third-order valence-corrected chi connectivity index (χ3v) is 3.43. The summed E-state index contributed by atoms with van der Waals surface area (Å²) >= 11 is 0. The Morgan fingerprint density at radius 2 is 1.74 bits per heavy atom. The van der Waals surface area contributed by atoms with E-state index in [1.165, 1.54) is 24.3 Å². The lowest BCUT2D eigenvalue weighted by Crippen LogP contribution is -2.34. The zero-order valence-corrected chi connectivity index (χ0v) is 11.1. The van der Waals surface area contributed by atoms with Crippen LogP contribution in [0, 0.1) is 11.2 Å². The molecule has 104 valence electrons. The van der Waals surface area contributed by atoms with Crippen LogP contribution in [0.5, 0.6) is 0 Å². The molecule has 4 nitrogen and oxygen atoms in total. The summed E-state index contributed by atoms with van der Waals surface area (Å²) < 4.78 is 12.7. The van der Waals surface area contributed by atoms with Crippen molar-refractivity contribution < 1.29 is 19.1 Å². The first-order chi connectivity index (χ1) is 8.93. The maximum Gasteiger partial charge on any atom is 0.310 e. The van der Waals surface area contributed by atoms with Crippen LogP contribution < -0.4 is 5.32 Å². The standard InChI is InChI=1S/C14H18FNO3/c1-3-14(4-2,13(18)19)9-12(17)16-11-7-5-10(15)6-8-11/h5-8H,3-4,9H2,1-2H3,(H,16,17)(H,18,19). The zero-order chi connectivity index (χ0) is 14.5. The molecule has 19 heavy (non-hydrogen) atoms. The van der Waals surface area contributed by atoms with E-state index >= 15 is 0 Å². The number of hydrogen-bond acceptors (Lipinski definition) is 2. The summed E-state index contributed by atoms with van der Waals surface area (Å²) in [6.45, 7) is 3.51. The van der Waals surface area contributed by atoms with E-state index in [4.69, 9.17) is 0 Å². The number of carboxylic acids is 1. The lowest BCUT2D eigenvalue weighted by atomic mass is 9.79. The van der Waals surface area contributed by atoms with Crippen molar-refractivity contribution in [2.45, 2.75) is 33.1 Å². The molecular formula is C14H18FNO3. The summed E-state index contributed by atoms with van der Waals surface area (Å²) in [7, 11) is 0. The third-order valence-electron chi connectivity index (χ3n) is 3.43. The molecule has 0 bridgehead atoms. The number of hydrogen-bond donors (Lipinski definition) is 2. The SMILES string of the molecule is CCC(CC)(CC(=O)Nc1ccc(F)cc1)C(=O)O. The number of carboxylic acid groups (broad SMARTS) is 1. The number of aliphatic carboxylic acids is 1. The topological polar surface area (TPSA) is 66.4 Å². The van der Waals surface area contributed by atoms with E-state index in [1.54, 1.807) is 13.8 Å². The second-order valence-corrected chi connectivity index (χ2v) is 4.52. The van der Waals surface area contributed by atoms with Crippen LogP contribution in [0.2, 0.25) is 0 Å². The van der Waals surface area contributed by atoms with Crippen molar-refractivity contribution in [3.63, 3.8) is 0 Å². The van der Waals surface area contributed by atoms with Gasteiger partial charge >= 0.3 is 5.97 Å². The average Bonchev–Trinajstić information content (AvgIpc) is 2.38. The van der Waals surface area contributed by atoms with Gasteiger partial charge < -0.3 is 10.4 Å². The maximum absolute atomic E-state index is 12.7. The molecular weight excluding hydrogens is 249 g/mol. The van der Waals surface area contributed by atoms with Crippen LogP contribution in [-0.4, -0.2) is 17.0 Å². The number of benzene rings is 1. The van der Waals surface area contributed by atoms with Crippen LogP contribution in [0.25, 0.3) is 0 Å². The minimum Gasteiger partial charge on any atom is -0.481 e. The fraction of sp³-hybridized carbons (Fsp3) is 0.429. The first-order valence-corrected chi connectivity index (χ1v) is 6.22. The quantitative estimate of drug-likeness (QED) is 0.832. The van der Waals surface area contributed by atoms with Gasteiger partial charge in [-0.3, -0.25) is 9.59 Å². The number of anilines is 1. The van der Waals surface area contributed by atoms with Gasteiger partial charge in [0.2, 0.25) is 5.91 Å². The highest BCUT2D eigenvalue weighted by Crippen LogP contribution is 2.31. The van der Waals surface area contributed by atoms with Crippen LogP contribution in [0.3, 0.4) is 0 Å². The van der Waals surface area contributed by atoms with Gasteiger partial charge in [0.05, 0.1) is 5.41 Å². The van der Waals surface area contributed by atoms with Gasteiger partial charge in [-0.15, -0.1) is 0 Å². The Kier molecular flexibility index (Phi) is 5.03. The normalized spacial score (nSPS) is 11.1. The Bertz CT molecular complexity index is 452. The fourth-order valence-corrected chi connectivity index (χ4v) is 1.92. The van der Waals surface area contributed by atoms with Crippen LogP contribution in [0.15, 0.2) is 24.3 Å². The zero-order valence-electron chi connectivity index (χ0n) is 11.1. The van der Waals surface area contributed by atoms with Gasteiger partial charge in [-0.2, -0.15) is 0 Å². The minimum absolute atomic E-state index is 0.0906. The Labute approximate surface area is 111 Å². The highest BCUT2D eigenvalue weighted by molar-refractivity contribution is 5.94. The monoisotopic (exact) mass is 267 g/mol. The van der Waals surface area contributed by atoms with Gasteiger partial charge in [-0.1, -0.05) is 13.8 Å². The van der Waals surface area contributed by atoms with Gasteiger partial charge in [0.25, 0.3) is 0 Å². The Hall–Kier alpha value is -1.91. The fourth-order valence-electron chi connectivity index (χ4n) is 1.92. The molecule has 0 aliphatic rings. The molecule has 5 heteroatoms. The number of carbonyl (C=O) groups excluding carboxylic acids is 1. The molecule has 1 amide bonds. The summed E-state index contributed by atoms with van der Waals surface area (Å²) in [6, 6.07) is 5.35. The molecule has 0 aliphatic heterocycles. The van der Waals surface area contributed by atoms with E-state index in [1.807, 2.05) is 0 Å². The highest BCUT2D eigenvalue weighted by atomic mass is 19.1. The summed E-state index contributed by atoms with van der Waals surface area (Å²) in [6.07, 6.45) is 0.679. The van der Waals surface area contributed by atoms with Gasteiger partial charge in [0, 0.05) is 12.1 Å². The lowest BCUT2D eigenvalue weighted by molar-refractivity contribution is -0.151. The number of amides is 1. The van der Waals surface area contributed by atoms with E-state index in [-0.39, 0.29) is 18.1 Å². The maximum atomic E-state index is 12.7. The van der Waals surface area contributed by atoms with Crippen molar-refractivity contribution >= 4 is 17.6 Å². The molecule has 0 saturated carbocycles. The van der Waals surface area contributed by atoms with Gasteiger partial charge in [0.15, 0.2) is 0 Å². The number of rotatable bonds is 6. The molecule has 0 aromatic heterocycles. The average molecular weight is 267 g/mol. The van der Waals surface area contributed by atoms with E-state index in [2.05, 4.69) is 5.32 Å². The third kappa shape index (κ3) is 3.77. The highest BCUT2D eigenvalue weighted by Gasteiger charge is 2.37. The molecule has 0 aliphatic carbocycles. The molecule has 1 aromatic rings. The van der Waals surface area contributed by atoms with Crippen molar-refractivity contribution in [1.29, 1.82) is 0 Å². The first kappa shape index (κ1) is 15.1. The lowest BCUT2D eigenvalue weighted by Gasteiger charge is -2.25. The smallest absolute Gasteiger partial charge is 0.310 e. The molecule has 0 saturated heterocycles. The predicted molar refractivity (Wildman–Crippen MR) is 70.3 cm³/mol. The van der Waals surface area contributed by atoms with Crippen LogP contribution in [-0.2, 0) is 9.59 Å². The molecule has 1 aromatic carbocycles. The van der Waals surface area contributed by atoms with E-state index in [0.717, 1.165) is 0 Å². The van der Waals surface area contributed by atoms with Crippen molar-refractivity contribution in [2.75, 3.05) is 5.32 Å². The molecule has 0 radical (unpaired) electrons. The largest absolute Gasteiger partial charge is 0.481 e. The molecule has 0 fully saturated rings. The molecule has 2 N–H and O–H groups in total. The van der Waals surface area contributed by atoms with Crippen molar-refractivity contribution in [2.24, 2.45) is 5.41 Å². The molecule has 0 unspecified atom stereocenters. The predicted octanol–water partition coefficient (Wildman–Crippen LogP) is 3.05. The van der Waals surface area contributed by atoms with Crippen LogP contribution in [0.1, 0.15) is 33.1 Å². The van der Waals surface area contributed by atoms with Crippen LogP contribution in [0.4, 0.5) is 10.1 Å². The summed E-state index contributed by atoms with van der Waals surface area (Å²) in [5.74, 6) is -1.73. The molecule has 0 spiro atoms. The Morgan fingerprint density at radius 1 is 1.21 bits per heavy atom. The second kappa shape index (κ2) is 6.31. The van der Waals surface area contributed by atoms with E-state index in [0.29, 0.717) is 18.5 Å². The Balaban J connectivity index is 2.73. The van der Waals surface area contributed by atoms with Crippen LogP contribution >= 0.6 is 0 Å². The summed E-state index contributed by atoms with van der Waals surface area (Å²) in [5.41, 5.74) is -0.581. The van der Waals surface area contributed by atoms with Crippen molar-refractivity contribution in [1.82, 2.24) is 0 Å². The Morgan fingerprint density at radius 3 is 2.16 bits per heavy atom.